The molecule has 1 aromatic rings. The first kappa shape index (κ1) is 19.2. The normalized spacial score (nSPS) is 12.5. The van der Waals surface area contributed by atoms with Crippen LogP contribution in [0, 0.1) is 5.41 Å². The van der Waals surface area contributed by atoms with Crippen molar-refractivity contribution in [1.82, 2.24) is 0 Å². The molecule has 1 aromatic carbocycles. The van der Waals surface area contributed by atoms with Crippen molar-refractivity contribution in [1.29, 1.82) is 0 Å². The van der Waals surface area contributed by atoms with E-state index in [-0.39, 0.29) is 4.90 Å². The molecule has 0 atom stereocenters. The Kier molecular flexibility index (Phi) is 7.57. The molecule has 0 saturated carbocycles. The van der Waals surface area contributed by atoms with Crippen molar-refractivity contribution in [3.63, 3.8) is 0 Å². The lowest BCUT2D eigenvalue weighted by Gasteiger charge is -2.24. The highest BCUT2D eigenvalue weighted by Gasteiger charge is 2.17. The average molecular weight is 327 g/mol. The van der Waals surface area contributed by atoms with Crippen LogP contribution in [0.1, 0.15) is 71.3 Å². The average Bonchev–Trinajstić information content (AvgIpc) is 2.44. The van der Waals surface area contributed by atoms with Crippen molar-refractivity contribution >= 4 is 10.1 Å². The van der Waals surface area contributed by atoms with Gasteiger partial charge in [-0.1, -0.05) is 65.0 Å². The molecule has 0 amide bonds. The molecule has 0 radical (unpaired) electrons. The van der Waals surface area contributed by atoms with Crippen LogP contribution in [0.25, 0.3) is 0 Å². The van der Waals surface area contributed by atoms with Crippen LogP contribution in [0.5, 0.6) is 0 Å². The smallest absolute Gasteiger partial charge is 0.282 e. The van der Waals surface area contributed by atoms with Crippen LogP contribution in [0.15, 0.2) is 29.2 Å². The van der Waals surface area contributed by atoms with E-state index in [0.717, 1.165) is 18.4 Å². The van der Waals surface area contributed by atoms with E-state index in [4.69, 9.17) is 4.55 Å². The molecule has 0 fully saturated rings. The van der Waals surface area contributed by atoms with Gasteiger partial charge in [-0.05, 0) is 42.4 Å². The lowest BCUT2D eigenvalue weighted by Crippen LogP contribution is -2.12. The molecule has 0 heterocycles. The number of benzene rings is 1. The third-order valence-corrected chi connectivity index (χ3v) is 5.14. The van der Waals surface area contributed by atoms with Crippen molar-refractivity contribution in [2.75, 3.05) is 0 Å². The lowest BCUT2D eigenvalue weighted by molar-refractivity contribution is 0.294. The molecular weight excluding hydrogens is 296 g/mol. The minimum atomic E-state index is -4.08. The van der Waals surface area contributed by atoms with Crippen molar-refractivity contribution < 1.29 is 13.0 Å². The first-order chi connectivity index (χ1) is 10.2. The topological polar surface area (TPSA) is 54.4 Å². The van der Waals surface area contributed by atoms with E-state index in [2.05, 4.69) is 20.8 Å². The summed E-state index contributed by atoms with van der Waals surface area (Å²) in [5, 5.41) is 0. The molecule has 0 aliphatic carbocycles. The summed E-state index contributed by atoms with van der Waals surface area (Å²) < 4.78 is 31.0. The van der Waals surface area contributed by atoms with Gasteiger partial charge in [-0.15, -0.1) is 0 Å². The van der Waals surface area contributed by atoms with E-state index in [9.17, 15) is 8.42 Å². The second-order valence-corrected chi connectivity index (χ2v) is 8.37. The van der Waals surface area contributed by atoms with Crippen molar-refractivity contribution in [2.24, 2.45) is 5.41 Å². The Balaban J connectivity index is 2.40. The van der Waals surface area contributed by atoms with E-state index < -0.39 is 10.1 Å². The Morgan fingerprint density at radius 3 is 2.09 bits per heavy atom. The summed E-state index contributed by atoms with van der Waals surface area (Å²) in [5.41, 5.74) is 1.43. The largest absolute Gasteiger partial charge is 0.294 e. The highest BCUT2D eigenvalue weighted by Crippen LogP contribution is 2.29. The molecule has 0 unspecified atom stereocenters. The van der Waals surface area contributed by atoms with Gasteiger partial charge >= 0.3 is 0 Å². The zero-order chi connectivity index (χ0) is 16.6. The second-order valence-electron chi connectivity index (χ2n) is 6.95. The van der Waals surface area contributed by atoms with Gasteiger partial charge < -0.3 is 0 Å². The number of unbranched alkanes of at least 4 members (excludes halogenated alkanes) is 4. The molecule has 0 aliphatic heterocycles. The van der Waals surface area contributed by atoms with Gasteiger partial charge in [-0.25, -0.2) is 0 Å². The minimum Gasteiger partial charge on any atom is -0.282 e. The number of hydrogen-bond donors (Lipinski definition) is 1. The molecule has 1 N–H and O–H groups in total. The molecule has 0 saturated heterocycles. The molecule has 0 aliphatic rings. The number of rotatable bonds is 10. The molecule has 0 aromatic heterocycles. The fourth-order valence-electron chi connectivity index (χ4n) is 2.64. The molecule has 0 bridgehead atoms. The predicted molar refractivity (Wildman–Crippen MR) is 91.7 cm³/mol. The minimum absolute atomic E-state index is 0.0357. The quantitative estimate of drug-likeness (QED) is 0.472. The lowest BCUT2D eigenvalue weighted by atomic mass is 9.81. The van der Waals surface area contributed by atoms with Crippen molar-refractivity contribution in [3.8, 4) is 0 Å². The van der Waals surface area contributed by atoms with Gasteiger partial charge in [0.15, 0.2) is 0 Å². The summed E-state index contributed by atoms with van der Waals surface area (Å²) in [6, 6.07) is 6.53. The molecule has 4 heteroatoms. The zero-order valence-corrected chi connectivity index (χ0v) is 15.0. The van der Waals surface area contributed by atoms with E-state index >= 15 is 0 Å². The molecule has 126 valence electrons. The zero-order valence-electron chi connectivity index (χ0n) is 14.1. The summed E-state index contributed by atoms with van der Waals surface area (Å²) in [7, 11) is -4.08. The summed E-state index contributed by atoms with van der Waals surface area (Å²) in [6.45, 7) is 6.84. The number of aryl methyl sites for hydroxylation is 1. The van der Waals surface area contributed by atoms with Crippen LogP contribution < -0.4 is 0 Å². The van der Waals surface area contributed by atoms with E-state index in [1.165, 1.54) is 50.7 Å². The fraction of sp³-hybridized carbons (Fsp3) is 0.667. The SMILES string of the molecule is CCCCCCCC(C)(C)CCc1ccc(S(=O)(=O)O)cc1. The predicted octanol–water partition coefficient (Wildman–Crippen LogP) is 5.25. The maximum atomic E-state index is 11.0. The Hall–Kier alpha value is -0.870. The summed E-state index contributed by atoms with van der Waals surface area (Å²) >= 11 is 0. The third-order valence-electron chi connectivity index (χ3n) is 4.27. The van der Waals surface area contributed by atoms with Gasteiger partial charge in [0.05, 0.1) is 4.90 Å². The maximum Gasteiger partial charge on any atom is 0.294 e. The maximum absolute atomic E-state index is 11.0. The Labute approximate surface area is 135 Å². The van der Waals surface area contributed by atoms with Crippen LogP contribution in [0.4, 0.5) is 0 Å². The van der Waals surface area contributed by atoms with Gasteiger partial charge in [-0.3, -0.25) is 4.55 Å². The first-order valence-corrected chi connectivity index (χ1v) is 9.75. The van der Waals surface area contributed by atoms with Crippen molar-refractivity contribution in [3.05, 3.63) is 29.8 Å². The fourth-order valence-corrected chi connectivity index (χ4v) is 3.12. The molecule has 22 heavy (non-hydrogen) atoms. The molecule has 0 spiro atoms. The Bertz CT molecular complexity index is 530. The van der Waals surface area contributed by atoms with Gasteiger partial charge in [0, 0.05) is 0 Å². The number of hydrogen-bond acceptors (Lipinski definition) is 2. The van der Waals surface area contributed by atoms with Crippen LogP contribution in [0.2, 0.25) is 0 Å². The molecular formula is C18H30O3S. The van der Waals surface area contributed by atoms with Crippen LogP contribution in [-0.4, -0.2) is 13.0 Å². The molecule has 3 nitrogen and oxygen atoms in total. The van der Waals surface area contributed by atoms with E-state index in [1.807, 2.05) is 0 Å². The standard InChI is InChI=1S/C18H30O3S/c1-4-5-6-7-8-14-18(2,3)15-13-16-9-11-17(12-10-16)22(19,20)21/h9-12H,4-8,13-15H2,1-3H3,(H,19,20,21). The van der Waals surface area contributed by atoms with Gasteiger partial charge in [0.1, 0.15) is 0 Å². The van der Waals surface area contributed by atoms with Crippen LogP contribution in [0.3, 0.4) is 0 Å². The van der Waals surface area contributed by atoms with Crippen LogP contribution in [-0.2, 0) is 16.5 Å². The molecule has 1 rings (SSSR count). The highest BCUT2D eigenvalue weighted by atomic mass is 32.2. The van der Waals surface area contributed by atoms with Gasteiger partial charge in [0.25, 0.3) is 10.1 Å². The van der Waals surface area contributed by atoms with Crippen LogP contribution >= 0.6 is 0 Å². The second kappa shape index (κ2) is 8.68. The Morgan fingerprint density at radius 2 is 1.55 bits per heavy atom. The van der Waals surface area contributed by atoms with E-state index in [0.29, 0.717) is 5.41 Å². The highest BCUT2D eigenvalue weighted by molar-refractivity contribution is 7.85. The van der Waals surface area contributed by atoms with E-state index in [1.54, 1.807) is 12.1 Å². The first-order valence-electron chi connectivity index (χ1n) is 8.31. The summed E-state index contributed by atoms with van der Waals surface area (Å²) in [5.74, 6) is 0. The van der Waals surface area contributed by atoms with Gasteiger partial charge in [0.2, 0.25) is 0 Å². The van der Waals surface area contributed by atoms with Crippen molar-refractivity contribution in [2.45, 2.75) is 77.0 Å². The monoisotopic (exact) mass is 326 g/mol. The summed E-state index contributed by atoms with van der Waals surface area (Å²) in [6.07, 6.45) is 9.82. The Morgan fingerprint density at radius 1 is 0.955 bits per heavy atom. The summed E-state index contributed by atoms with van der Waals surface area (Å²) in [4.78, 5) is -0.0357. The van der Waals surface area contributed by atoms with Gasteiger partial charge in [-0.2, -0.15) is 8.42 Å². The third kappa shape index (κ3) is 7.41.